The Morgan fingerprint density at radius 2 is 2.33 bits per heavy atom. The Morgan fingerprint density at radius 3 is 3.00 bits per heavy atom. The number of hydrogen-bond donors (Lipinski definition) is 1. The van der Waals surface area contributed by atoms with E-state index in [2.05, 4.69) is 16.9 Å². The van der Waals surface area contributed by atoms with Gasteiger partial charge >= 0.3 is 5.97 Å². The molecule has 1 N–H and O–H groups in total. The Labute approximate surface area is 125 Å². The third kappa shape index (κ3) is 3.83. The summed E-state index contributed by atoms with van der Waals surface area (Å²) >= 11 is 0. The molecule has 2 atom stereocenters. The predicted octanol–water partition coefficient (Wildman–Crippen LogP) is 2.34. The number of piperidine rings is 1. The fourth-order valence-electron chi connectivity index (χ4n) is 2.64. The summed E-state index contributed by atoms with van der Waals surface area (Å²) in [7, 11) is 0. The lowest BCUT2D eigenvalue weighted by Crippen LogP contribution is -2.48. The second-order valence-corrected chi connectivity index (χ2v) is 5.39. The van der Waals surface area contributed by atoms with E-state index in [1.807, 2.05) is 6.92 Å². The third-order valence-corrected chi connectivity index (χ3v) is 3.90. The smallest absolute Gasteiger partial charge is 0.326 e. The Bertz CT molecular complexity index is 481. The fraction of sp³-hybridized carbons (Fsp3) is 0.667. The lowest BCUT2D eigenvalue weighted by molar-refractivity contribution is -0.139. The molecule has 21 heavy (non-hydrogen) atoms. The molecule has 6 heteroatoms. The molecule has 1 aliphatic heterocycles. The van der Waals surface area contributed by atoms with E-state index < -0.39 is 12.0 Å². The van der Waals surface area contributed by atoms with Crippen molar-refractivity contribution in [2.24, 2.45) is 5.92 Å². The van der Waals surface area contributed by atoms with Crippen LogP contribution in [0.2, 0.25) is 0 Å². The van der Waals surface area contributed by atoms with Crippen LogP contribution in [0.15, 0.2) is 12.3 Å². The minimum Gasteiger partial charge on any atom is -0.480 e. The van der Waals surface area contributed by atoms with Gasteiger partial charge in [0, 0.05) is 18.8 Å². The number of carboxylic acid groups (broad SMARTS) is 1. The second-order valence-electron chi connectivity index (χ2n) is 5.39. The van der Waals surface area contributed by atoms with E-state index in [0.29, 0.717) is 37.3 Å². The van der Waals surface area contributed by atoms with Crippen LogP contribution in [0.5, 0.6) is 5.88 Å². The third-order valence-electron chi connectivity index (χ3n) is 3.90. The van der Waals surface area contributed by atoms with Gasteiger partial charge in [0.2, 0.25) is 11.8 Å². The molecule has 0 bridgehead atoms. The SMILES string of the molecule is CCCOc1ccnc(N2CCC(CC)CC2C(=O)O)n1. The van der Waals surface area contributed by atoms with Crippen molar-refractivity contribution in [1.29, 1.82) is 0 Å². The van der Waals surface area contributed by atoms with Gasteiger partial charge in [-0.2, -0.15) is 4.98 Å². The summed E-state index contributed by atoms with van der Waals surface area (Å²) in [4.78, 5) is 21.9. The molecule has 6 nitrogen and oxygen atoms in total. The topological polar surface area (TPSA) is 75.5 Å². The van der Waals surface area contributed by atoms with Crippen molar-refractivity contribution < 1.29 is 14.6 Å². The van der Waals surface area contributed by atoms with Gasteiger partial charge in [0.25, 0.3) is 0 Å². The molecular weight excluding hydrogens is 270 g/mol. The number of anilines is 1. The van der Waals surface area contributed by atoms with Crippen molar-refractivity contribution in [3.8, 4) is 5.88 Å². The van der Waals surface area contributed by atoms with E-state index in [0.717, 1.165) is 19.3 Å². The molecule has 0 saturated carbocycles. The summed E-state index contributed by atoms with van der Waals surface area (Å²) in [5.74, 6) is 0.604. The Morgan fingerprint density at radius 1 is 1.52 bits per heavy atom. The van der Waals surface area contributed by atoms with Gasteiger partial charge in [-0.3, -0.25) is 0 Å². The summed E-state index contributed by atoms with van der Waals surface area (Å²) in [6.45, 7) is 5.40. The Hall–Kier alpha value is -1.85. The zero-order chi connectivity index (χ0) is 15.2. The number of aliphatic carboxylic acids is 1. The molecule has 1 aromatic heterocycles. The van der Waals surface area contributed by atoms with Crippen molar-refractivity contribution in [3.63, 3.8) is 0 Å². The molecule has 0 aromatic carbocycles. The molecule has 1 aromatic rings. The zero-order valence-corrected chi connectivity index (χ0v) is 12.7. The van der Waals surface area contributed by atoms with E-state index in [9.17, 15) is 9.90 Å². The van der Waals surface area contributed by atoms with Gasteiger partial charge in [-0.1, -0.05) is 20.3 Å². The summed E-state index contributed by atoms with van der Waals surface area (Å²) in [5, 5.41) is 9.47. The van der Waals surface area contributed by atoms with Crippen molar-refractivity contribution in [1.82, 2.24) is 9.97 Å². The van der Waals surface area contributed by atoms with Crippen LogP contribution >= 0.6 is 0 Å². The quantitative estimate of drug-likeness (QED) is 0.867. The molecule has 2 rings (SSSR count). The maximum atomic E-state index is 11.5. The van der Waals surface area contributed by atoms with E-state index in [1.54, 1.807) is 17.2 Å². The van der Waals surface area contributed by atoms with Gasteiger partial charge in [0.15, 0.2) is 0 Å². The number of carbonyl (C=O) groups is 1. The predicted molar refractivity (Wildman–Crippen MR) is 79.6 cm³/mol. The number of hydrogen-bond acceptors (Lipinski definition) is 5. The first-order valence-corrected chi connectivity index (χ1v) is 7.61. The van der Waals surface area contributed by atoms with Crippen LogP contribution < -0.4 is 9.64 Å². The molecule has 1 saturated heterocycles. The van der Waals surface area contributed by atoms with Crippen molar-refractivity contribution in [2.75, 3.05) is 18.1 Å². The molecule has 0 spiro atoms. The van der Waals surface area contributed by atoms with E-state index in [4.69, 9.17) is 4.74 Å². The van der Waals surface area contributed by atoms with Crippen LogP contribution in [0.25, 0.3) is 0 Å². The van der Waals surface area contributed by atoms with Crippen molar-refractivity contribution in [2.45, 2.75) is 45.6 Å². The standard InChI is InChI=1S/C15H23N3O3/c1-3-9-21-13-5-7-16-15(17-13)18-8-6-11(4-2)10-12(18)14(19)20/h5,7,11-12H,3-4,6,8-10H2,1-2H3,(H,19,20). The monoisotopic (exact) mass is 293 g/mol. The lowest BCUT2D eigenvalue weighted by Gasteiger charge is -2.36. The maximum absolute atomic E-state index is 11.5. The summed E-state index contributed by atoms with van der Waals surface area (Å²) < 4.78 is 5.50. The fourth-order valence-corrected chi connectivity index (χ4v) is 2.64. The number of carboxylic acids is 1. The van der Waals surface area contributed by atoms with Gasteiger partial charge in [-0.25, -0.2) is 9.78 Å². The zero-order valence-electron chi connectivity index (χ0n) is 12.7. The highest BCUT2D eigenvalue weighted by Crippen LogP contribution is 2.28. The molecule has 1 fully saturated rings. The second kappa shape index (κ2) is 7.24. The normalized spacial score (nSPS) is 22.1. The summed E-state index contributed by atoms with van der Waals surface area (Å²) in [6.07, 6.45) is 5.16. The number of rotatable bonds is 6. The summed E-state index contributed by atoms with van der Waals surface area (Å²) in [5.41, 5.74) is 0. The van der Waals surface area contributed by atoms with Crippen LogP contribution in [0.1, 0.15) is 39.5 Å². The first-order chi connectivity index (χ1) is 10.2. The Kier molecular flexibility index (Phi) is 5.36. The Balaban J connectivity index is 2.16. The van der Waals surface area contributed by atoms with E-state index in [-0.39, 0.29) is 0 Å². The minimum atomic E-state index is -0.809. The molecule has 2 unspecified atom stereocenters. The van der Waals surface area contributed by atoms with Crippen LogP contribution in [-0.2, 0) is 4.79 Å². The van der Waals surface area contributed by atoms with Gasteiger partial charge < -0.3 is 14.7 Å². The minimum absolute atomic E-state index is 0.450. The number of aromatic nitrogens is 2. The van der Waals surface area contributed by atoms with Gasteiger partial charge in [0.05, 0.1) is 6.61 Å². The molecule has 1 aliphatic rings. The van der Waals surface area contributed by atoms with Gasteiger partial charge in [-0.05, 0) is 25.2 Å². The molecule has 0 amide bonds. The average Bonchev–Trinajstić information content (AvgIpc) is 2.52. The van der Waals surface area contributed by atoms with Crippen molar-refractivity contribution >= 4 is 11.9 Å². The highest BCUT2D eigenvalue weighted by Gasteiger charge is 2.34. The molecule has 116 valence electrons. The van der Waals surface area contributed by atoms with Crippen LogP contribution in [0.3, 0.4) is 0 Å². The van der Waals surface area contributed by atoms with Crippen LogP contribution in [0.4, 0.5) is 5.95 Å². The van der Waals surface area contributed by atoms with Crippen molar-refractivity contribution in [3.05, 3.63) is 12.3 Å². The van der Waals surface area contributed by atoms with E-state index in [1.165, 1.54) is 0 Å². The lowest BCUT2D eigenvalue weighted by atomic mass is 9.89. The number of ether oxygens (including phenoxy) is 1. The van der Waals surface area contributed by atoms with Crippen LogP contribution in [-0.4, -0.2) is 40.2 Å². The number of nitrogens with zero attached hydrogens (tertiary/aromatic N) is 3. The van der Waals surface area contributed by atoms with Gasteiger partial charge in [-0.15, -0.1) is 0 Å². The average molecular weight is 293 g/mol. The molecular formula is C15H23N3O3. The van der Waals surface area contributed by atoms with E-state index >= 15 is 0 Å². The van der Waals surface area contributed by atoms with Gasteiger partial charge in [0.1, 0.15) is 6.04 Å². The van der Waals surface area contributed by atoms with Crippen LogP contribution in [0, 0.1) is 5.92 Å². The molecule has 0 aliphatic carbocycles. The first kappa shape index (κ1) is 15.5. The maximum Gasteiger partial charge on any atom is 0.326 e. The molecule has 2 heterocycles. The summed E-state index contributed by atoms with van der Waals surface area (Å²) in [6, 6.07) is 1.15. The first-order valence-electron chi connectivity index (χ1n) is 7.61. The molecule has 0 radical (unpaired) electrons. The highest BCUT2D eigenvalue weighted by molar-refractivity contribution is 5.77. The largest absolute Gasteiger partial charge is 0.480 e. The highest BCUT2D eigenvalue weighted by atomic mass is 16.5.